The second kappa shape index (κ2) is 6.44. The van der Waals surface area contributed by atoms with Crippen molar-refractivity contribution >= 4 is 0 Å². The molecule has 0 aliphatic heterocycles. The maximum atomic E-state index is 3.73. The van der Waals surface area contributed by atoms with Crippen LogP contribution in [0.4, 0.5) is 0 Å². The second-order valence-corrected chi connectivity index (χ2v) is 5.98. The van der Waals surface area contributed by atoms with Gasteiger partial charge >= 0.3 is 0 Å². The Morgan fingerprint density at radius 1 is 1.10 bits per heavy atom. The molecular formula is C20H25N. The molecule has 2 atom stereocenters. The van der Waals surface area contributed by atoms with Gasteiger partial charge in [-0.2, -0.15) is 0 Å². The van der Waals surface area contributed by atoms with E-state index in [2.05, 4.69) is 67.7 Å². The summed E-state index contributed by atoms with van der Waals surface area (Å²) in [5.41, 5.74) is 5.96. The summed E-state index contributed by atoms with van der Waals surface area (Å²) in [4.78, 5) is 0. The number of hydrogen-bond acceptors (Lipinski definition) is 1. The Bertz CT molecular complexity index is 602. The van der Waals surface area contributed by atoms with Crippen LogP contribution in [0.15, 0.2) is 48.5 Å². The molecule has 0 saturated carbocycles. The largest absolute Gasteiger partial charge is 0.310 e. The first kappa shape index (κ1) is 14.3. The number of rotatable bonds is 5. The van der Waals surface area contributed by atoms with E-state index < -0.39 is 0 Å². The topological polar surface area (TPSA) is 12.0 Å². The smallest absolute Gasteiger partial charge is 0.0389 e. The van der Waals surface area contributed by atoms with Gasteiger partial charge in [0, 0.05) is 12.0 Å². The predicted octanol–water partition coefficient (Wildman–Crippen LogP) is 4.63. The van der Waals surface area contributed by atoms with E-state index in [1.807, 2.05) is 0 Å². The molecule has 2 aromatic carbocycles. The number of likely N-dealkylation sites (N-methyl/N-ethyl adjacent to an activating group) is 1. The van der Waals surface area contributed by atoms with Crippen molar-refractivity contribution in [3.05, 3.63) is 70.8 Å². The van der Waals surface area contributed by atoms with Gasteiger partial charge in [0.2, 0.25) is 0 Å². The summed E-state index contributed by atoms with van der Waals surface area (Å²) in [6.45, 7) is 5.45. The zero-order valence-electron chi connectivity index (χ0n) is 13.1. The molecule has 0 radical (unpaired) electrons. The van der Waals surface area contributed by atoms with E-state index in [0.717, 1.165) is 13.0 Å². The minimum absolute atomic E-state index is 0.435. The zero-order valence-corrected chi connectivity index (χ0v) is 13.1. The molecule has 0 heterocycles. The van der Waals surface area contributed by atoms with Crippen molar-refractivity contribution in [2.45, 2.75) is 45.1 Å². The van der Waals surface area contributed by atoms with Crippen LogP contribution in [0.5, 0.6) is 0 Å². The van der Waals surface area contributed by atoms with Crippen LogP contribution < -0.4 is 5.32 Å². The van der Waals surface area contributed by atoms with Crippen molar-refractivity contribution in [2.24, 2.45) is 0 Å². The molecule has 1 heteroatoms. The third kappa shape index (κ3) is 2.89. The molecule has 1 aliphatic rings. The van der Waals surface area contributed by atoms with Crippen molar-refractivity contribution in [1.29, 1.82) is 0 Å². The van der Waals surface area contributed by atoms with Crippen LogP contribution >= 0.6 is 0 Å². The third-order valence-corrected chi connectivity index (χ3v) is 4.72. The van der Waals surface area contributed by atoms with Crippen molar-refractivity contribution in [2.75, 3.05) is 6.54 Å². The van der Waals surface area contributed by atoms with Gasteiger partial charge < -0.3 is 5.32 Å². The number of nitrogens with one attached hydrogen (secondary N) is 1. The first-order valence-corrected chi connectivity index (χ1v) is 8.23. The van der Waals surface area contributed by atoms with Crippen molar-refractivity contribution in [3.8, 4) is 0 Å². The quantitative estimate of drug-likeness (QED) is 0.841. The monoisotopic (exact) mass is 279 g/mol. The highest BCUT2D eigenvalue weighted by Gasteiger charge is 2.30. The summed E-state index contributed by atoms with van der Waals surface area (Å²) < 4.78 is 0. The van der Waals surface area contributed by atoms with Gasteiger partial charge in [-0.25, -0.2) is 0 Å². The van der Waals surface area contributed by atoms with E-state index in [1.54, 1.807) is 5.56 Å². The maximum absolute atomic E-state index is 3.73. The van der Waals surface area contributed by atoms with E-state index in [1.165, 1.54) is 29.5 Å². The first-order valence-electron chi connectivity index (χ1n) is 8.23. The van der Waals surface area contributed by atoms with E-state index in [9.17, 15) is 0 Å². The van der Waals surface area contributed by atoms with Crippen LogP contribution in [-0.2, 0) is 12.8 Å². The van der Waals surface area contributed by atoms with Crippen molar-refractivity contribution in [3.63, 3.8) is 0 Å². The molecule has 2 unspecified atom stereocenters. The molecule has 2 aromatic rings. The van der Waals surface area contributed by atoms with Gasteiger partial charge in [-0.3, -0.25) is 0 Å². The van der Waals surface area contributed by atoms with Crippen LogP contribution in [0.2, 0.25) is 0 Å². The average molecular weight is 279 g/mol. The molecule has 0 amide bonds. The lowest BCUT2D eigenvalue weighted by Crippen LogP contribution is -2.26. The molecule has 1 nitrogen and oxygen atoms in total. The lowest BCUT2D eigenvalue weighted by molar-refractivity contribution is 0.453. The summed E-state index contributed by atoms with van der Waals surface area (Å²) in [6.07, 6.45) is 3.58. The first-order chi connectivity index (χ1) is 10.3. The summed E-state index contributed by atoms with van der Waals surface area (Å²) >= 11 is 0. The van der Waals surface area contributed by atoms with E-state index in [4.69, 9.17) is 0 Å². The molecule has 110 valence electrons. The molecule has 1 N–H and O–H groups in total. The van der Waals surface area contributed by atoms with E-state index in [-0.39, 0.29) is 0 Å². The lowest BCUT2D eigenvalue weighted by atomic mass is 9.87. The molecule has 0 saturated heterocycles. The van der Waals surface area contributed by atoms with Gasteiger partial charge in [-0.15, -0.1) is 0 Å². The Hall–Kier alpha value is -1.60. The minimum Gasteiger partial charge on any atom is -0.310 e. The van der Waals surface area contributed by atoms with Gasteiger partial charge in [0.25, 0.3) is 0 Å². The molecule has 0 bridgehead atoms. The van der Waals surface area contributed by atoms with Crippen molar-refractivity contribution < 1.29 is 0 Å². The highest BCUT2D eigenvalue weighted by molar-refractivity contribution is 5.39. The molecule has 0 fully saturated rings. The molecule has 3 rings (SSSR count). The van der Waals surface area contributed by atoms with Gasteiger partial charge in [-0.1, -0.05) is 62.4 Å². The van der Waals surface area contributed by atoms with Crippen molar-refractivity contribution in [1.82, 2.24) is 5.32 Å². The maximum Gasteiger partial charge on any atom is 0.0389 e. The van der Waals surface area contributed by atoms with Crippen LogP contribution in [0, 0.1) is 0 Å². The lowest BCUT2D eigenvalue weighted by Gasteiger charge is -2.26. The van der Waals surface area contributed by atoms with E-state index >= 15 is 0 Å². The SMILES string of the molecule is CCNC(c1cccc(CC)c1)C1CCc2ccccc21. The van der Waals surface area contributed by atoms with Gasteiger partial charge in [0.15, 0.2) is 0 Å². The predicted molar refractivity (Wildman–Crippen MR) is 89.7 cm³/mol. The van der Waals surface area contributed by atoms with E-state index in [0.29, 0.717) is 12.0 Å². The Labute approximate surface area is 128 Å². The second-order valence-electron chi connectivity index (χ2n) is 5.98. The Morgan fingerprint density at radius 3 is 2.76 bits per heavy atom. The fraction of sp³-hybridized carbons (Fsp3) is 0.400. The molecule has 0 aromatic heterocycles. The standard InChI is InChI=1S/C20H25N/c1-3-15-8-7-10-17(14-15)20(21-4-2)19-13-12-16-9-5-6-11-18(16)19/h5-11,14,19-21H,3-4,12-13H2,1-2H3. The average Bonchev–Trinajstić information content (AvgIpc) is 2.96. The van der Waals surface area contributed by atoms with Crippen LogP contribution in [-0.4, -0.2) is 6.54 Å². The number of benzene rings is 2. The molecule has 1 aliphatic carbocycles. The number of aryl methyl sites for hydroxylation is 2. The molecular weight excluding hydrogens is 254 g/mol. The summed E-state index contributed by atoms with van der Waals surface area (Å²) in [5, 5.41) is 3.73. The van der Waals surface area contributed by atoms with Gasteiger partial charge in [0.05, 0.1) is 0 Å². The summed E-state index contributed by atoms with van der Waals surface area (Å²) in [7, 11) is 0. The van der Waals surface area contributed by atoms with Crippen LogP contribution in [0.1, 0.15) is 54.5 Å². The number of hydrogen-bond donors (Lipinski definition) is 1. The Balaban J connectivity index is 1.95. The Kier molecular flexibility index (Phi) is 4.40. The number of fused-ring (bicyclic) bond motifs is 1. The summed E-state index contributed by atoms with van der Waals surface area (Å²) in [5.74, 6) is 0.605. The zero-order chi connectivity index (χ0) is 14.7. The molecule has 0 spiro atoms. The Morgan fingerprint density at radius 2 is 1.95 bits per heavy atom. The fourth-order valence-corrected chi connectivity index (χ4v) is 3.66. The fourth-order valence-electron chi connectivity index (χ4n) is 3.66. The highest BCUT2D eigenvalue weighted by atomic mass is 14.9. The minimum atomic E-state index is 0.435. The normalized spacial score (nSPS) is 18.5. The van der Waals surface area contributed by atoms with Crippen LogP contribution in [0.3, 0.4) is 0 Å². The van der Waals surface area contributed by atoms with Gasteiger partial charge in [0.1, 0.15) is 0 Å². The highest BCUT2D eigenvalue weighted by Crippen LogP contribution is 2.41. The van der Waals surface area contributed by atoms with Gasteiger partial charge in [-0.05, 0) is 48.1 Å². The molecule has 21 heavy (non-hydrogen) atoms. The van der Waals surface area contributed by atoms with Crippen LogP contribution in [0.25, 0.3) is 0 Å². The third-order valence-electron chi connectivity index (χ3n) is 4.72. The summed E-state index contributed by atoms with van der Waals surface area (Å²) in [6, 6.07) is 18.5.